The molecule has 2 aromatic carbocycles. The quantitative estimate of drug-likeness (QED) is 0.167. The van der Waals surface area contributed by atoms with Crippen LogP contribution in [0.4, 0.5) is 20.2 Å². The molecule has 0 aromatic heterocycles. The third kappa shape index (κ3) is 8.41. The summed E-state index contributed by atoms with van der Waals surface area (Å²) in [5.41, 5.74) is -0.0995. The third-order valence-electron chi connectivity index (χ3n) is 3.60. The first kappa shape index (κ1) is 26.8. The minimum absolute atomic E-state index is 0.121. The average Bonchev–Trinajstić information content (AvgIpc) is 2.68. The Bertz CT molecular complexity index is 968. The number of nitro benzene ring substituents is 2. The molecule has 0 aliphatic carbocycles. The van der Waals surface area contributed by atoms with Crippen LogP contribution in [0, 0.1) is 31.9 Å². The number of nitro groups is 2. The van der Waals surface area contributed by atoms with Crippen LogP contribution in [0.25, 0.3) is 0 Å². The minimum Gasteiger partial charge on any atom is -0.309 e. The van der Waals surface area contributed by atoms with Gasteiger partial charge in [-0.2, -0.15) is 8.78 Å². The van der Waals surface area contributed by atoms with Crippen LogP contribution in [-0.4, -0.2) is 23.1 Å². The maximum atomic E-state index is 13.4. The molecule has 170 valence electrons. The highest BCUT2D eigenvalue weighted by molar-refractivity contribution is 9.08. The lowest BCUT2D eigenvalue weighted by Crippen LogP contribution is -2.00. The van der Waals surface area contributed by atoms with Crippen LogP contribution < -0.4 is 0 Å². The Hall–Kier alpha value is -2.27. The van der Waals surface area contributed by atoms with Gasteiger partial charge in [0.05, 0.1) is 29.2 Å². The van der Waals surface area contributed by atoms with E-state index in [2.05, 4.69) is 15.9 Å². The van der Waals surface area contributed by atoms with Gasteiger partial charge in [0, 0.05) is 17.5 Å². The molecule has 0 bridgehead atoms. The van der Waals surface area contributed by atoms with E-state index >= 15 is 0 Å². The zero-order valence-electron chi connectivity index (χ0n) is 16.6. The number of benzene rings is 2. The van der Waals surface area contributed by atoms with Crippen LogP contribution in [0.1, 0.15) is 25.0 Å². The average molecular weight is 525 g/mol. The largest absolute Gasteiger partial charge is 0.335 e. The maximum absolute atomic E-state index is 13.4. The normalized spacial score (nSPS) is 10.9. The molecule has 0 aliphatic rings. The lowest BCUT2D eigenvalue weighted by molar-refractivity contribution is -0.387. The van der Waals surface area contributed by atoms with Crippen LogP contribution >= 0.6 is 23.5 Å². The highest BCUT2D eigenvalue weighted by Crippen LogP contribution is 2.51. The minimum atomic E-state index is -3.34. The van der Waals surface area contributed by atoms with Crippen molar-refractivity contribution in [2.24, 2.45) is 0 Å². The second-order valence-electron chi connectivity index (χ2n) is 5.82. The first-order valence-corrected chi connectivity index (χ1v) is 11.7. The number of nitrogens with zero attached hydrogens (tertiary/aromatic N) is 2. The Morgan fingerprint density at radius 2 is 1.32 bits per heavy atom. The van der Waals surface area contributed by atoms with Crippen LogP contribution in [0.15, 0.2) is 36.4 Å². The molecule has 2 aromatic rings. The van der Waals surface area contributed by atoms with Crippen molar-refractivity contribution in [2.75, 3.05) is 13.2 Å². The van der Waals surface area contributed by atoms with Crippen molar-refractivity contribution in [3.8, 4) is 0 Å². The molecule has 0 fully saturated rings. The fourth-order valence-electron chi connectivity index (χ4n) is 2.32. The first-order valence-electron chi connectivity index (χ1n) is 8.86. The summed E-state index contributed by atoms with van der Waals surface area (Å²) >= 11 is 3.12. The zero-order valence-corrected chi connectivity index (χ0v) is 19.1. The molecule has 0 heterocycles. The summed E-state index contributed by atoms with van der Waals surface area (Å²) in [5.74, 6) is -1.76. The summed E-state index contributed by atoms with van der Waals surface area (Å²) in [6.45, 7) is 3.74. The van der Waals surface area contributed by atoms with Gasteiger partial charge in [-0.05, 0) is 37.1 Å². The molecule has 0 atom stereocenters. The Labute approximate surface area is 185 Å². The van der Waals surface area contributed by atoms with E-state index in [1.165, 1.54) is 12.1 Å². The predicted octanol–water partition coefficient (Wildman–Crippen LogP) is 6.13. The van der Waals surface area contributed by atoms with Gasteiger partial charge in [0.1, 0.15) is 0 Å². The summed E-state index contributed by atoms with van der Waals surface area (Å²) in [7, 11) is -3.34. The fraction of sp³-hybridized carbons (Fsp3) is 0.333. The highest BCUT2D eigenvalue weighted by atomic mass is 79.9. The SMILES string of the molecule is CCOP(=O)(Cc1ccc([N+](=O)[O-])c(F)c1)OCC.O=[N+]([O-])c1ccc(CBr)cc1F. The fourth-order valence-corrected chi connectivity index (χ4v) is 4.36. The second kappa shape index (κ2) is 12.6. The molecule has 2 rings (SSSR count). The monoisotopic (exact) mass is 524 g/mol. The van der Waals surface area contributed by atoms with Crippen molar-refractivity contribution < 1.29 is 32.2 Å². The summed E-state index contributed by atoms with van der Waals surface area (Å²) in [4.78, 5) is 19.1. The van der Waals surface area contributed by atoms with Crippen molar-refractivity contribution in [1.29, 1.82) is 0 Å². The van der Waals surface area contributed by atoms with Gasteiger partial charge in [-0.25, -0.2) is 0 Å². The number of halogens is 3. The van der Waals surface area contributed by atoms with E-state index in [4.69, 9.17) is 9.05 Å². The van der Waals surface area contributed by atoms with E-state index in [0.717, 1.165) is 24.3 Å². The zero-order chi connectivity index (χ0) is 23.6. The standard InChI is InChI=1S/C11H15FNO5P.C7H5BrFNO2/c1-3-17-19(16,18-4-2)8-9-5-6-11(13(14)15)10(12)7-9;8-4-5-1-2-7(10(11)12)6(9)3-5/h5-7H,3-4,8H2,1-2H3;1-3H,4H2. The molecule has 13 heteroatoms. The van der Waals surface area contributed by atoms with Crippen molar-refractivity contribution in [1.82, 2.24) is 0 Å². The van der Waals surface area contributed by atoms with Gasteiger partial charge in [0.15, 0.2) is 0 Å². The van der Waals surface area contributed by atoms with Gasteiger partial charge in [0.25, 0.3) is 0 Å². The second-order valence-corrected chi connectivity index (χ2v) is 8.44. The Balaban J connectivity index is 0.000000343. The predicted molar refractivity (Wildman–Crippen MR) is 113 cm³/mol. The van der Waals surface area contributed by atoms with Gasteiger partial charge in [-0.3, -0.25) is 24.8 Å². The van der Waals surface area contributed by atoms with Crippen molar-refractivity contribution in [2.45, 2.75) is 25.3 Å². The van der Waals surface area contributed by atoms with Gasteiger partial charge >= 0.3 is 19.0 Å². The first-order chi connectivity index (χ1) is 14.6. The molecule has 0 amide bonds. The number of alkyl halides is 1. The Kier molecular flexibility index (Phi) is 10.8. The summed E-state index contributed by atoms with van der Waals surface area (Å²) in [6.07, 6.45) is -0.121. The molecular weight excluding hydrogens is 505 g/mol. The van der Waals surface area contributed by atoms with Crippen molar-refractivity contribution in [3.63, 3.8) is 0 Å². The van der Waals surface area contributed by atoms with Crippen molar-refractivity contribution >= 4 is 34.9 Å². The van der Waals surface area contributed by atoms with E-state index in [1.54, 1.807) is 13.8 Å². The van der Waals surface area contributed by atoms with Gasteiger partial charge < -0.3 is 9.05 Å². The van der Waals surface area contributed by atoms with E-state index in [-0.39, 0.29) is 19.4 Å². The number of hydrogen-bond acceptors (Lipinski definition) is 7. The van der Waals surface area contributed by atoms with E-state index in [1.807, 2.05) is 0 Å². The van der Waals surface area contributed by atoms with E-state index < -0.39 is 40.5 Å². The molecule has 0 saturated heterocycles. The molecule has 0 N–H and O–H groups in total. The molecule has 0 spiro atoms. The van der Waals surface area contributed by atoms with E-state index in [9.17, 15) is 33.6 Å². The molecule has 31 heavy (non-hydrogen) atoms. The summed E-state index contributed by atoms with van der Waals surface area (Å²) in [6, 6.07) is 7.16. The van der Waals surface area contributed by atoms with Gasteiger partial charge in [-0.15, -0.1) is 0 Å². The maximum Gasteiger partial charge on any atom is 0.335 e. The van der Waals surface area contributed by atoms with Gasteiger partial charge in [0.2, 0.25) is 11.6 Å². The van der Waals surface area contributed by atoms with Crippen molar-refractivity contribution in [3.05, 3.63) is 79.4 Å². The number of hydrogen-bond donors (Lipinski definition) is 0. The molecular formula is C18H20BrF2N2O7P. The number of rotatable bonds is 9. The van der Waals surface area contributed by atoms with Crippen LogP contribution in [0.5, 0.6) is 0 Å². The molecule has 0 radical (unpaired) electrons. The third-order valence-corrected chi connectivity index (χ3v) is 6.30. The van der Waals surface area contributed by atoms with Crippen LogP contribution in [-0.2, 0) is 25.1 Å². The van der Waals surface area contributed by atoms with Gasteiger partial charge in [-0.1, -0.05) is 28.1 Å². The van der Waals surface area contributed by atoms with Crippen LogP contribution in [0.2, 0.25) is 0 Å². The molecule has 9 nitrogen and oxygen atoms in total. The smallest absolute Gasteiger partial charge is 0.309 e. The lowest BCUT2D eigenvalue weighted by Gasteiger charge is -2.16. The topological polar surface area (TPSA) is 122 Å². The summed E-state index contributed by atoms with van der Waals surface area (Å²) < 4.78 is 48.6. The molecule has 0 saturated carbocycles. The van der Waals surface area contributed by atoms with Crippen LogP contribution in [0.3, 0.4) is 0 Å². The molecule has 0 aliphatic heterocycles. The lowest BCUT2D eigenvalue weighted by atomic mass is 10.2. The van der Waals surface area contributed by atoms with E-state index in [0.29, 0.717) is 16.5 Å². The molecule has 0 unspecified atom stereocenters. The Morgan fingerprint density at radius 3 is 1.68 bits per heavy atom. The summed E-state index contributed by atoms with van der Waals surface area (Å²) in [5, 5.41) is 21.1. The highest BCUT2D eigenvalue weighted by Gasteiger charge is 2.25. The Morgan fingerprint density at radius 1 is 0.903 bits per heavy atom.